The number of hydrogen-bond acceptors (Lipinski definition) is 9. The first kappa shape index (κ1) is 37.5. The minimum atomic E-state index is -1.54. The van der Waals surface area contributed by atoms with Crippen LogP contribution in [0.1, 0.15) is 88.3 Å². The highest BCUT2D eigenvalue weighted by Gasteiger charge is 2.62. The van der Waals surface area contributed by atoms with E-state index in [1.807, 2.05) is 73.9 Å². The van der Waals surface area contributed by atoms with Crippen molar-refractivity contribution < 1.29 is 28.3 Å². The third-order valence-corrected chi connectivity index (χ3v) is 13.6. The van der Waals surface area contributed by atoms with E-state index in [1.165, 1.54) is 0 Å². The number of nitrogens with one attached hydrogen (secondary N) is 2. The van der Waals surface area contributed by atoms with Gasteiger partial charge in [-0.05, 0) is 67.5 Å². The Morgan fingerprint density at radius 1 is 1.02 bits per heavy atom. The van der Waals surface area contributed by atoms with Gasteiger partial charge in [0.25, 0.3) is 5.89 Å². The molecule has 7 heterocycles. The van der Waals surface area contributed by atoms with Crippen molar-refractivity contribution in [2.24, 2.45) is 11.8 Å². The normalized spacial score (nSPS) is 21.3. The molecule has 6 aromatic rings. The average molecular weight is 841 g/mol. The van der Waals surface area contributed by atoms with E-state index in [9.17, 15) is 14.7 Å². The number of anilines is 1. The topological polar surface area (TPSA) is 145 Å². The molecule has 3 aromatic heterocycles. The SMILES string of the molecule is CCn1c(Cl)c2c3c(cccc31)-c1cc(Cl)cc3c1NC1Oc4ccc5cc4C31c1oc(nc1-c1nc(Cl)c-2o1)C(C(C)C)NC(=O)C(CC(=O)C(O)(CC)CC)C5. The van der Waals surface area contributed by atoms with E-state index in [0.29, 0.717) is 33.8 Å². The number of aliphatic hydroxyl groups is 1. The molecule has 14 heteroatoms. The second-order valence-electron chi connectivity index (χ2n) is 16.1. The van der Waals surface area contributed by atoms with Gasteiger partial charge in [-0.25, -0.2) is 4.98 Å². The van der Waals surface area contributed by atoms with Gasteiger partial charge in [0.05, 0.1) is 11.1 Å². The van der Waals surface area contributed by atoms with Gasteiger partial charge < -0.3 is 33.9 Å². The van der Waals surface area contributed by atoms with Crippen molar-refractivity contribution in [2.45, 2.75) is 90.1 Å². The molecule has 298 valence electrons. The van der Waals surface area contributed by atoms with Crippen molar-refractivity contribution in [1.29, 1.82) is 0 Å². The van der Waals surface area contributed by atoms with Crippen LogP contribution in [0.3, 0.4) is 0 Å². The number of rotatable bonds is 7. The molecule has 0 fully saturated rings. The zero-order valence-corrected chi connectivity index (χ0v) is 34.7. The summed E-state index contributed by atoms with van der Waals surface area (Å²) in [5, 5.41) is 20.0. The predicted octanol–water partition coefficient (Wildman–Crippen LogP) is 9.89. The summed E-state index contributed by atoms with van der Waals surface area (Å²) >= 11 is 21.5. The van der Waals surface area contributed by atoms with Crippen LogP contribution in [-0.4, -0.2) is 43.2 Å². The largest absolute Gasteiger partial charge is 0.469 e. The summed E-state index contributed by atoms with van der Waals surface area (Å²) in [5.41, 5.74) is 3.71. The summed E-state index contributed by atoms with van der Waals surface area (Å²) in [6.45, 7) is 10.1. The first-order valence-corrected chi connectivity index (χ1v) is 20.9. The third kappa shape index (κ3) is 5.03. The fraction of sp³-hybridized carbons (Fsp3) is 0.364. The number of nitrogens with zero attached hydrogens (tertiary/aromatic N) is 3. The molecule has 1 amide bonds. The molecule has 0 saturated heterocycles. The second-order valence-corrected chi connectivity index (χ2v) is 17.3. The van der Waals surface area contributed by atoms with Crippen LogP contribution >= 0.6 is 34.8 Å². The van der Waals surface area contributed by atoms with Gasteiger partial charge in [-0.2, -0.15) is 4.98 Å². The van der Waals surface area contributed by atoms with E-state index in [0.717, 1.165) is 44.4 Å². The van der Waals surface area contributed by atoms with E-state index >= 15 is 0 Å². The lowest BCUT2D eigenvalue weighted by atomic mass is 9.71. The van der Waals surface area contributed by atoms with Crippen LogP contribution in [0.25, 0.3) is 44.9 Å². The lowest BCUT2D eigenvalue weighted by Crippen LogP contribution is -2.43. The number of halogens is 3. The number of oxazole rings is 2. The number of aromatic nitrogens is 3. The van der Waals surface area contributed by atoms with E-state index in [2.05, 4.69) is 10.6 Å². The first-order chi connectivity index (χ1) is 27.8. The fourth-order valence-electron chi connectivity index (χ4n) is 9.61. The zero-order chi connectivity index (χ0) is 40.6. The fourth-order valence-corrected chi connectivity index (χ4v) is 10.4. The lowest BCUT2D eigenvalue weighted by Gasteiger charge is -2.29. The minimum Gasteiger partial charge on any atom is -0.469 e. The molecular weight excluding hydrogens is 801 g/mol. The Labute approximate surface area is 349 Å². The maximum absolute atomic E-state index is 14.4. The number of Topliss-reactive ketones (excluding diaryl/α,β-unsaturated/α-hetero) is 1. The predicted molar refractivity (Wildman–Crippen MR) is 222 cm³/mol. The Balaban J connectivity index is 1.31. The van der Waals surface area contributed by atoms with Gasteiger partial charge in [-0.3, -0.25) is 9.59 Å². The number of benzene rings is 3. The van der Waals surface area contributed by atoms with Crippen LogP contribution in [0.2, 0.25) is 15.3 Å². The molecule has 4 aliphatic heterocycles. The molecule has 1 spiro atoms. The van der Waals surface area contributed by atoms with Crippen molar-refractivity contribution in [3.63, 3.8) is 0 Å². The van der Waals surface area contributed by atoms with Crippen LogP contribution in [-0.2, 0) is 28.0 Å². The summed E-state index contributed by atoms with van der Waals surface area (Å²) in [4.78, 5) is 38.1. The van der Waals surface area contributed by atoms with E-state index < -0.39 is 29.2 Å². The number of ether oxygens (including phenoxy) is 1. The standard InChI is InChI=1S/C44H40Cl3N5O6/c1-6-43(55,7-2)29(53)16-21-14-20-12-13-28-25(15-20)44-26-18-22(45)17-24(33(26)50-42(44)56-28)23-10-9-11-27-30(23)31(38(47)52(27)8-3)35-37(46)51-41(57-35)34-36(44)58-40(49-34)32(19(4)5)48-39(21)54/h9-13,15,17-19,21,32,42,50,55H,6-8,14,16H2,1-5H3,(H,48,54). The van der Waals surface area contributed by atoms with Gasteiger partial charge in [0, 0.05) is 51.7 Å². The smallest absolute Gasteiger partial charge is 0.250 e. The number of fused-ring (bicyclic) bond motifs is 7. The number of aryl methyl sites for hydroxylation is 1. The Bertz CT molecular complexity index is 2750. The van der Waals surface area contributed by atoms with Gasteiger partial charge >= 0.3 is 0 Å². The van der Waals surface area contributed by atoms with Crippen LogP contribution < -0.4 is 15.4 Å². The molecule has 4 unspecified atom stereocenters. The van der Waals surface area contributed by atoms with Crippen LogP contribution in [0.15, 0.2) is 57.4 Å². The van der Waals surface area contributed by atoms with Crippen molar-refractivity contribution in [3.05, 3.63) is 92.2 Å². The summed E-state index contributed by atoms with van der Waals surface area (Å²) in [6.07, 6.45) is -0.215. The number of ketones is 1. The minimum absolute atomic E-state index is 0.0889. The maximum atomic E-state index is 14.4. The molecule has 10 rings (SSSR count). The molecule has 0 radical (unpaired) electrons. The van der Waals surface area contributed by atoms with E-state index in [1.54, 1.807) is 13.8 Å². The summed E-state index contributed by atoms with van der Waals surface area (Å²) in [5.74, 6) is -0.243. The molecule has 4 atom stereocenters. The first-order valence-electron chi connectivity index (χ1n) is 19.8. The van der Waals surface area contributed by atoms with Crippen molar-refractivity contribution in [1.82, 2.24) is 19.9 Å². The Morgan fingerprint density at radius 2 is 1.81 bits per heavy atom. The molecule has 0 aliphatic carbocycles. The summed E-state index contributed by atoms with van der Waals surface area (Å²) in [6, 6.07) is 15.0. The summed E-state index contributed by atoms with van der Waals surface area (Å²) < 4.78 is 22.6. The van der Waals surface area contributed by atoms with Crippen LogP contribution in [0.5, 0.6) is 5.75 Å². The van der Waals surface area contributed by atoms with Crippen LogP contribution in [0.4, 0.5) is 5.69 Å². The average Bonchev–Trinajstić information content (AvgIpc) is 4.00. The third-order valence-electron chi connectivity index (χ3n) is 12.8. The number of hydrogen-bond donors (Lipinski definition) is 3. The van der Waals surface area contributed by atoms with E-state index in [-0.39, 0.29) is 71.7 Å². The quantitative estimate of drug-likeness (QED) is 0.143. The van der Waals surface area contributed by atoms with Gasteiger partial charge in [-0.15, -0.1) is 0 Å². The molecule has 4 aliphatic rings. The molecule has 0 saturated carbocycles. The molecule has 3 N–H and O–H groups in total. The highest BCUT2D eigenvalue weighted by atomic mass is 35.5. The monoisotopic (exact) mass is 839 g/mol. The molecule has 11 nitrogen and oxygen atoms in total. The molecule has 10 bridgehead atoms. The number of carbonyl (C=O) groups excluding carboxylic acids is 2. The number of amides is 1. The van der Waals surface area contributed by atoms with Gasteiger partial charge in [0.15, 0.2) is 34.4 Å². The molecule has 3 aromatic carbocycles. The van der Waals surface area contributed by atoms with Gasteiger partial charge in [0.1, 0.15) is 28.0 Å². The maximum Gasteiger partial charge on any atom is 0.250 e. The van der Waals surface area contributed by atoms with Crippen LogP contribution in [0, 0.1) is 11.8 Å². The Kier molecular flexibility index (Phi) is 8.46. The van der Waals surface area contributed by atoms with Crippen molar-refractivity contribution in [2.75, 3.05) is 5.32 Å². The highest BCUT2D eigenvalue weighted by Crippen LogP contribution is 2.62. The van der Waals surface area contributed by atoms with Crippen molar-refractivity contribution in [3.8, 4) is 39.8 Å². The number of carbonyl (C=O) groups is 2. The van der Waals surface area contributed by atoms with Gasteiger partial charge in [-0.1, -0.05) is 86.8 Å². The zero-order valence-electron chi connectivity index (χ0n) is 32.4. The lowest BCUT2D eigenvalue weighted by molar-refractivity contribution is -0.141. The highest BCUT2D eigenvalue weighted by molar-refractivity contribution is 6.38. The summed E-state index contributed by atoms with van der Waals surface area (Å²) in [7, 11) is 0. The Morgan fingerprint density at radius 3 is 2.55 bits per heavy atom. The van der Waals surface area contributed by atoms with Gasteiger partial charge in [0.2, 0.25) is 11.8 Å². The van der Waals surface area contributed by atoms with E-state index in [4.69, 9.17) is 58.3 Å². The second kappa shape index (κ2) is 13.1. The Hall–Kier alpha value is -4.81. The molecule has 58 heavy (non-hydrogen) atoms. The molecular formula is C44H40Cl3N5O6. The van der Waals surface area contributed by atoms with Crippen molar-refractivity contribution >= 4 is 63.1 Å².